The second-order valence-corrected chi connectivity index (χ2v) is 8.48. The molecule has 0 N–H and O–H groups in total. The Morgan fingerprint density at radius 1 is 0.964 bits per heavy atom. The van der Waals surface area contributed by atoms with E-state index in [9.17, 15) is 8.78 Å². The number of ether oxygens (including phenoxy) is 1. The molecule has 28 heavy (non-hydrogen) atoms. The summed E-state index contributed by atoms with van der Waals surface area (Å²) in [5.41, 5.74) is 0.932. The fraction of sp³-hybridized carbons (Fsp3) is 0.625. The van der Waals surface area contributed by atoms with Crippen LogP contribution < -0.4 is 0 Å². The number of hydrogen-bond donors (Lipinski definition) is 0. The zero-order valence-electron chi connectivity index (χ0n) is 16.6. The molecule has 0 bridgehead atoms. The quantitative estimate of drug-likeness (QED) is 0.489. The van der Waals surface area contributed by atoms with Crippen LogP contribution in [0, 0.1) is 34.8 Å². The first kappa shape index (κ1) is 21.0. The van der Waals surface area contributed by atoms with Gasteiger partial charge in [0, 0.05) is 12.7 Å². The molecule has 0 radical (unpaired) electrons. The summed E-state index contributed by atoms with van der Waals surface area (Å²) in [7, 11) is 0. The van der Waals surface area contributed by atoms with Gasteiger partial charge in [-0.15, -0.1) is 0 Å². The van der Waals surface area contributed by atoms with Gasteiger partial charge in [0.15, 0.2) is 11.6 Å². The van der Waals surface area contributed by atoms with Crippen LogP contribution in [0.25, 0.3) is 0 Å². The predicted octanol–water partition coefficient (Wildman–Crippen LogP) is 6.67. The number of nitrogens with zero attached hydrogens (tertiary/aromatic N) is 1. The van der Waals surface area contributed by atoms with Crippen molar-refractivity contribution in [3.8, 4) is 6.07 Å². The number of rotatable bonds is 7. The minimum Gasteiger partial charge on any atom is -0.378 e. The molecule has 2 nitrogen and oxygen atoms in total. The van der Waals surface area contributed by atoms with Crippen LogP contribution in [-0.2, 0) is 4.74 Å². The molecule has 2 fully saturated rings. The van der Waals surface area contributed by atoms with Gasteiger partial charge in [0.05, 0.1) is 12.2 Å². The van der Waals surface area contributed by atoms with Crippen molar-refractivity contribution in [3.63, 3.8) is 0 Å². The zero-order valence-corrected chi connectivity index (χ0v) is 16.6. The second-order valence-electron chi connectivity index (χ2n) is 8.48. The zero-order chi connectivity index (χ0) is 19.8. The summed E-state index contributed by atoms with van der Waals surface area (Å²) in [4.78, 5) is 0. The molecule has 0 spiro atoms. The van der Waals surface area contributed by atoms with Crippen LogP contribution in [0.15, 0.2) is 30.4 Å². The Morgan fingerprint density at radius 3 is 2.36 bits per heavy atom. The van der Waals surface area contributed by atoms with E-state index in [4.69, 9.17) is 10.00 Å². The van der Waals surface area contributed by atoms with Crippen LogP contribution >= 0.6 is 0 Å². The van der Waals surface area contributed by atoms with Crippen molar-refractivity contribution in [1.29, 1.82) is 5.26 Å². The molecule has 0 aliphatic heterocycles. The lowest BCUT2D eigenvalue weighted by Gasteiger charge is -2.32. The highest BCUT2D eigenvalue weighted by molar-refractivity contribution is 5.22. The fourth-order valence-corrected chi connectivity index (χ4v) is 4.76. The van der Waals surface area contributed by atoms with Crippen LogP contribution in [0.3, 0.4) is 0 Å². The van der Waals surface area contributed by atoms with Gasteiger partial charge >= 0.3 is 0 Å². The molecule has 152 valence electrons. The number of nitriles is 1. The van der Waals surface area contributed by atoms with E-state index in [0.717, 1.165) is 63.0 Å². The highest BCUT2D eigenvalue weighted by Crippen LogP contribution is 2.37. The molecule has 0 unspecified atom stereocenters. The fourth-order valence-electron chi connectivity index (χ4n) is 4.76. The molecule has 4 heteroatoms. The van der Waals surface area contributed by atoms with Gasteiger partial charge in [0.2, 0.25) is 0 Å². The van der Waals surface area contributed by atoms with Crippen molar-refractivity contribution in [1.82, 2.24) is 0 Å². The number of allylic oxidation sites excluding steroid dienone is 2. The summed E-state index contributed by atoms with van der Waals surface area (Å²) in [6.45, 7) is 0.838. The van der Waals surface area contributed by atoms with E-state index in [1.165, 1.54) is 31.4 Å². The molecule has 2 saturated carbocycles. The Morgan fingerprint density at radius 2 is 1.68 bits per heavy atom. The van der Waals surface area contributed by atoms with Gasteiger partial charge in [-0.25, -0.2) is 8.78 Å². The van der Waals surface area contributed by atoms with Gasteiger partial charge in [-0.1, -0.05) is 12.1 Å². The summed E-state index contributed by atoms with van der Waals surface area (Å²) >= 11 is 0. The normalized spacial score (nSPS) is 28.3. The van der Waals surface area contributed by atoms with E-state index in [-0.39, 0.29) is 0 Å². The topological polar surface area (TPSA) is 33.0 Å². The molecule has 3 rings (SSSR count). The first-order chi connectivity index (χ1) is 13.7. The van der Waals surface area contributed by atoms with E-state index >= 15 is 0 Å². The lowest BCUT2D eigenvalue weighted by atomic mass is 9.79. The smallest absolute Gasteiger partial charge is 0.159 e. The van der Waals surface area contributed by atoms with Crippen LogP contribution in [0.5, 0.6) is 0 Å². The minimum absolute atomic E-state index is 0.344. The van der Waals surface area contributed by atoms with E-state index in [0.29, 0.717) is 17.9 Å². The van der Waals surface area contributed by atoms with Gasteiger partial charge < -0.3 is 4.74 Å². The molecule has 0 amide bonds. The summed E-state index contributed by atoms with van der Waals surface area (Å²) in [5, 5.41) is 8.52. The molecule has 0 atom stereocenters. The number of benzene rings is 1. The van der Waals surface area contributed by atoms with Crippen LogP contribution in [0.2, 0.25) is 0 Å². The van der Waals surface area contributed by atoms with E-state index in [1.54, 1.807) is 12.1 Å². The van der Waals surface area contributed by atoms with Crippen molar-refractivity contribution in [3.05, 3.63) is 47.5 Å². The van der Waals surface area contributed by atoms with Crippen molar-refractivity contribution in [2.45, 2.75) is 76.2 Å². The summed E-state index contributed by atoms with van der Waals surface area (Å²) in [5.74, 6) is 0.209. The van der Waals surface area contributed by atoms with E-state index < -0.39 is 11.6 Å². The number of halogens is 2. The summed E-state index contributed by atoms with van der Waals surface area (Å²) in [6, 6.07) is 6.39. The highest BCUT2D eigenvalue weighted by Gasteiger charge is 2.26. The Kier molecular flexibility index (Phi) is 8.03. The van der Waals surface area contributed by atoms with Gasteiger partial charge in [-0.3, -0.25) is 0 Å². The molecule has 1 aromatic rings. The molecular weight excluding hydrogens is 356 g/mol. The maximum atomic E-state index is 13.5. The summed E-state index contributed by atoms with van der Waals surface area (Å²) < 4.78 is 32.8. The van der Waals surface area contributed by atoms with Crippen molar-refractivity contribution < 1.29 is 13.5 Å². The Balaban J connectivity index is 1.32. The van der Waals surface area contributed by atoms with Gasteiger partial charge in [0.25, 0.3) is 0 Å². The van der Waals surface area contributed by atoms with Gasteiger partial charge in [-0.2, -0.15) is 5.26 Å². The third kappa shape index (κ3) is 6.14. The standard InChI is InChI=1S/C24H31F2NO/c25-23-14-11-21(16-24(23)26)20-9-5-19(6-10-20)17-28-22-12-7-18(8-13-22)4-2-1-3-15-27/h1,3,11,14,16,18-20,22H,2,4-10,12-13,17H2/b3-1+/t18-,19-,20-,22-. The Bertz CT molecular complexity index is 680. The molecule has 0 heterocycles. The summed E-state index contributed by atoms with van der Waals surface area (Å²) in [6.07, 6.45) is 15.2. The molecule has 2 aliphatic rings. The third-order valence-corrected chi connectivity index (χ3v) is 6.56. The lowest BCUT2D eigenvalue weighted by Crippen LogP contribution is -2.25. The van der Waals surface area contributed by atoms with Crippen molar-refractivity contribution in [2.75, 3.05) is 6.61 Å². The second kappa shape index (κ2) is 10.7. The average molecular weight is 388 g/mol. The van der Waals surface area contributed by atoms with Crippen LogP contribution in [0.1, 0.15) is 75.7 Å². The predicted molar refractivity (Wildman–Crippen MR) is 107 cm³/mol. The Labute approximate surface area is 167 Å². The highest BCUT2D eigenvalue weighted by atomic mass is 19.2. The number of hydrogen-bond acceptors (Lipinski definition) is 2. The monoisotopic (exact) mass is 387 g/mol. The van der Waals surface area contributed by atoms with Gasteiger partial charge in [0.1, 0.15) is 0 Å². The van der Waals surface area contributed by atoms with E-state index in [1.807, 2.05) is 12.1 Å². The van der Waals surface area contributed by atoms with Crippen molar-refractivity contribution >= 4 is 0 Å². The van der Waals surface area contributed by atoms with Crippen LogP contribution in [0.4, 0.5) is 8.78 Å². The minimum atomic E-state index is -0.765. The van der Waals surface area contributed by atoms with E-state index in [2.05, 4.69) is 0 Å². The first-order valence-electron chi connectivity index (χ1n) is 10.8. The SMILES string of the molecule is N#C/C=C/CC[C@H]1CC[C@H](OC[C@H]2CC[C@H](c3ccc(F)c(F)c3)CC2)CC1. The van der Waals surface area contributed by atoms with Crippen molar-refractivity contribution in [2.24, 2.45) is 11.8 Å². The molecular formula is C24H31F2NO. The maximum absolute atomic E-state index is 13.5. The largest absolute Gasteiger partial charge is 0.378 e. The molecule has 2 aliphatic carbocycles. The first-order valence-corrected chi connectivity index (χ1v) is 10.8. The maximum Gasteiger partial charge on any atom is 0.159 e. The van der Waals surface area contributed by atoms with Crippen LogP contribution in [-0.4, -0.2) is 12.7 Å². The third-order valence-electron chi connectivity index (χ3n) is 6.56. The molecule has 0 aromatic heterocycles. The average Bonchev–Trinajstić information content (AvgIpc) is 2.73. The Hall–Kier alpha value is -1.73. The lowest BCUT2D eigenvalue weighted by molar-refractivity contribution is -0.00824. The molecule has 0 saturated heterocycles. The van der Waals surface area contributed by atoms with Gasteiger partial charge in [-0.05, 0) is 99.7 Å². The molecule has 1 aromatic carbocycles.